The minimum atomic E-state index is -0.579. The Morgan fingerprint density at radius 2 is 2.12 bits per heavy atom. The Bertz CT molecular complexity index is 422. The second-order valence-electron chi connectivity index (χ2n) is 4.27. The number of halogens is 1. The highest BCUT2D eigenvalue weighted by atomic mass is 35.5. The Hall–Kier alpha value is -1.06. The van der Waals surface area contributed by atoms with Crippen molar-refractivity contribution in [1.82, 2.24) is 0 Å². The fourth-order valence-corrected chi connectivity index (χ4v) is 2.58. The molecule has 16 heavy (non-hydrogen) atoms. The molecule has 1 fully saturated rings. The highest BCUT2D eigenvalue weighted by Gasteiger charge is 2.31. The molecular weight excluding hydrogens is 226 g/mol. The molecule has 3 nitrogen and oxygen atoms in total. The highest BCUT2D eigenvalue weighted by Crippen LogP contribution is 2.33. The molecule has 1 atom stereocenters. The molecule has 1 amide bonds. The number of aliphatic hydroxyl groups excluding tert-OH is 1. The highest BCUT2D eigenvalue weighted by molar-refractivity contribution is 6.34. The van der Waals surface area contributed by atoms with E-state index >= 15 is 0 Å². The van der Waals surface area contributed by atoms with E-state index in [0.717, 1.165) is 16.8 Å². The monoisotopic (exact) mass is 239 g/mol. The number of hydrogen-bond donors (Lipinski definition) is 1. The lowest BCUT2D eigenvalue weighted by atomic mass is 10.1. The summed E-state index contributed by atoms with van der Waals surface area (Å²) in [4.78, 5) is 13.3. The van der Waals surface area contributed by atoms with Gasteiger partial charge in [-0.05, 0) is 31.0 Å². The topological polar surface area (TPSA) is 40.5 Å². The third-order valence-electron chi connectivity index (χ3n) is 2.77. The van der Waals surface area contributed by atoms with Gasteiger partial charge in [-0.25, -0.2) is 0 Å². The fraction of sp³-hybridized carbons (Fsp3) is 0.417. The predicted molar refractivity (Wildman–Crippen MR) is 63.9 cm³/mol. The summed E-state index contributed by atoms with van der Waals surface area (Å²) in [6, 6.07) is 3.82. The quantitative estimate of drug-likeness (QED) is 0.815. The van der Waals surface area contributed by atoms with Crippen LogP contribution in [0, 0.1) is 13.8 Å². The molecule has 1 unspecified atom stereocenters. The molecule has 1 N–H and O–H groups in total. The Labute approximate surface area is 99.6 Å². The molecule has 86 valence electrons. The molecule has 4 heteroatoms. The zero-order valence-electron chi connectivity index (χ0n) is 9.33. The van der Waals surface area contributed by atoms with Crippen molar-refractivity contribution in [3.8, 4) is 0 Å². The zero-order valence-corrected chi connectivity index (χ0v) is 10.1. The maximum atomic E-state index is 11.7. The summed E-state index contributed by atoms with van der Waals surface area (Å²) < 4.78 is 0. The summed E-state index contributed by atoms with van der Waals surface area (Å²) in [6.07, 6.45) is -0.395. The number of anilines is 1. The number of carbonyl (C=O) groups is 1. The van der Waals surface area contributed by atoms with Crippen LogP contribution in [0.25, 0.3) is 0 Å². The first-order valence-corrected chi connectivity index (χ1v) is 5.62. The van der Waals surface area contributed by atoms with Gasteiger partial charge in [0, 0.05) is 0 Å². The van der Waals surface area contributed by atoms with E-state index < -0.39 is 6.10 Å². The van der Waals surface area contributed by atoms with Crippen molar-refractivity contribution in [2.75, 3.05) is 11.4 Å². The van der Waals surface area contributed by atoms with Gasteiger partial charge in [0.05, 0.1) is 29.8 Å². The number of amides is 1. The molecule has 2 rings (SSSR count). The van der Waals surface area contributed by atoms with Crippen molar-refractivity contribution in [3.05, 3.63) is 28.3 Å². The van der Waals surface area contributed by atoms with Crippen LogP contribution in [-0.2, 0) is 4.79 Å². The van der Waals surface area contributed by atoms with Gasteiger partial charge in [0.1, 0.15) is 0 Å². The van der Waals surface area contributed by atoms with Gasteiger partial charge in [-0.3, -0.25) is 4.79 Å². The molecule has 0 saturated carbocycles. The molecule has 1 aromatic rings. The van der Waals surface area contributed by atoms with E-state index in [9.17, 15) is 9.90 Å². The van der Waals surface area contributed by atoms with E-state index in [2.05, 4.69) is 0 Å². The zero-order chi connectivity index (χ0) is 11.9. The van der Waals surface area contributed by atoms with Crippen LogP contribution < -0.4 is 4.90 Å². The normalized spacial score (nSPS) is 20.6. The van der Waals surface area contributed by atoms with Crippen LogP contribution >= 0.6 is 11.6 Å². The van der Waals surface area contributed by atoms with Crippen LogP contribution in [0.5, 0.6) is 0 Å². The van der Waals surface area contributed by atoms with Crippen molar-refractivity contribution < 1.29 is 9.90 Å². The molecular formula is C12H14ClNO2. The second-order valence-corrected chi connectivity index (χ2v) is 4.68. The fourth-order valence-electron chi connectivity index (χ4n) is 2.15. The van der Waals surface area contributed by atoms with Crippen LogP contribution in [-0.4, -0.2) is 23.7 Å². The number of carbonyl (C=O) groups excluding carboxylic acids is 1. The number of hydrogen-bond acceptors (Lipinski definition) is 2. The average Bonchev–Trinajstić information content (AvgIpc) is 2.43. The van der Waals surface area contributed by atoms with Crippen molar-refractivity contribution in [2.24, 2.45) is 0 Å². The van der Waals surface area contributed by atoms with E-state index in [-0.39, 0.29) is 12.3 Å². The number of benzene rings is 1. The Balaban J connectivity index is 2.44. The molecule has 1 heterocycles. The van der Waals surface area contributed by atoms with Crippen LogP contribution in [0.1, 0.15) is 17.5 Å². The lowest BCUT2D eigenvalue weighted by Gasteiger charge is -2.20. The van der Waals surface area contributed by atoms with Gasteiger partial charge in [-0.15, -0.1) is 0 Å². The molecule has 0 radical (unpaired) electrons. The van der Waals surface area contributed by atoms with Gasteiger partial charge >= 0.3 is 0 Å². The number of rotatable bonds is 1. The van der Waals surface area contributed by atoms with Crippen molar-refractivity contribution in [3.63, 3.8) is 0 Å². The maximum Gasteiger partial charge on any atom is 0.229 e. The maximum absolute atomic E-state index is 11.7. The largest absolute Gasteiger partial charge is 0.391 e. The van der Waals surface area contributed by atoms with Gasteiger partial charge in [0.15, 0.2) is 0 Å². The number of aliphatic hydroxyl groups is 1. The third kappa shape index (κ3) is 1.93. The standard InChI is InChI=1S/C12H14ClNO2/c1-7-3-8(2)12(10(13)4-7)14-6-9(15)5-11(14)16/h3-4,9,15H,5-6H2,1-2H3. The predicted octanol–water partition coefficient (Wildman–Crippen LogP) is 2.05. The summed E-state index contributed by atoms with van der Waals surface area (Å²) in [7, 11) is 0. The second kappa shape index (κ2) is 4.07. The SMILES string of the molecule is Cc1cc(C)c(N2CC(O)CC2=O)c(Cl)c1. The van der Waals surface area contributed by atoms with Crippen LogP contribution in [0.15, 0.2) is 12.1 Å². The van der Waals surface area contributed by atoms with Crippen molar-refractivity contribution in [2.45, 2.75) is 26.4 Å². The Morgan fingerprint density at radius 1 is 1.44 bits per heavy atom. The number of nitrogens with zero attached hydrogens (tertiary/aromatic N) is 1. The molecule has 0 aromatic heterocycles. The Morgan fingerprint density at radius 3 is 2.62 bits per heavy atom. The summed E-state index contributed by atoms with van der Waals surface area (Å²) in [5, 5.41) is 10.0. The molecule has 1 aliphatic rings. The molecule has 1 aliphatic heterocycles. The summed E-state index contributed by atoms with van der Waals surface area (Å²) in [6.45, 7) is 4.22. The van der Waals surface area contributed by atoms with E-state index in [1.807, 2.05) is 26.0 Å². The minimum Gasteiger partial charge on any atom is -0.391 e. The van der Waals surface area contributed by atoms with Gasteiger partial charge in [-0.1, -0.05) is 17.7 Å². The number of aryl methyl sites for hydroxylation is 2. The van der Waals surface area contributed by atoms with Crippen LogP contribution in [0.2, 0.25) is 5.02 Å². The summed E-state index contributed by atoms with van der Waals surface area (Å²) in [5.41, 5.74) is 2.76. The molecule has 1 aromatic carbocycles. The molecule has 0 spiro atoms. The lowest BCUT2D eigenvalue weighted by Crippen LogP contribution is -2.26. The van der Waals surface area contributed by atoms with E-state index in [1.165, 1.54) is 0 Å². The smallest absolute Gasteiger partial charge is 0.229 e. The lowest BCUT2D eigenvalue weighted by molar-refractivity contribution is -0.117. The molecule has 0 bridgehead atoms. The molecule has 1 saturated heterocycles. The van der Waals surface area contributed by atoms with Crippen molar-refractivity contribution in [1.29, 1.82) is 0 Å². The van der Waals surface area contributed by atoms with Crippen LogP contribution in [0.3, 0.4) is 0 Å². The first-order valence-electron chi connectivity index (χ1n) is 5.24. The Kier molecular flexibility index (Phi) is 2.91. The van der Waals surface area contributed by atoms with Gasteiger partial charge in [0.2, 0.25) is 5.91 Å². The molecule has 0 aliphatic carbocycles. The van der Waals surface area contributed by atoms with E-state index in [0.29, 0.717) is 11.6 Å². The third-order valence-corrected chi connectivity index (χ3v) is 3.06. The van der Waals surface area contributed by atoms with E-state index in [4.69, 9.17) is 11.6 Å². The van der Waals surface area contributed by atoms with E-state index in [1.54, 1.807) is 4.90 Å². The minimum absolute atomic E-state index is 0.0682. The van der Waals surface area contributed by atoms with Gasteiger partial charge < -0.3 is 10.0 Å². The average molecular weight is 240 g/mol. The van der Waals surface area contributed by atoms with Crippen LogP contribution in [0.4, 0.5) is 5.69 Å². The first kappa shape index (κ1) is 11.4. The van der Waals surface area contributed by atoms with Gasteiger partial charge in [-0.2, -0.15) is 0 Å². The number of β-amino-alcohol motifs (C(OH)–C–C–N with tert-alkyl or cyclic N) is 1. The first-order chi connectivity index (χ1) is 7.49. The van der Waals surface area contributed by atoms with Gasteiger partial charge in [0.25, 0.3) is 0 Å². The van der Waals surface area contributed by atoms with Crippen molar-refractivity contribution >= 4 is 23.2 Å². The summed E-state index contributed by atoms with van der Waals surface area (Å²) >= 11 is 6.15. The summed E-state index contributed by atoms with van der Waals surface area (Å²) in [5.74, 6) is -0.0682.